The summed E-state index contributed by atoms with van der Waals surface area (Å²) in [6, 6.07) is 8.73. The van der Waals surface area contributed by atoms with E-state index in [1.165, 1.54) is 0 Å². The number of halogens is 5. The molecule has 1 aromatic carbocycles. The van der Waals surface area contributed by atoms with E-state index in [0.717, 1.165) is 36.7 Å². The summed E-state index contributed by atoms with van der Waals surface area (Å²) in [4.78, 5) is 4.03. The largest absolute Gasteiger partial charge is 0.433 e. The lowest BCUT2D eigenvalue weighted by Gasteiger charge is -2.37. The maximum atomic E-state index is 14.0. The van der Waals surface area contributed by atoms with Gasteiger partial charge in [-0.1, -0.05) is 47.2 Å². The van der Waals surface area contributed by atoms with E-state index >= 15 is 0 Å². The Labute approximate surface area is 236 Å². The predicted octanol–water partition coefficient (Wildman–Crippen LogP) is 6.40. The van der Waals surface area contributed by atoms with E-state index in [9.17, 15) is 17.6 Å². The van der Waals surface area contributed by atoms with Crippen LogP contribution in [0.4, 0.5) is 17.6 Å². The van der Waals surface area contributed by atoms with Gasteiger partial charge in [-0.05, 0) is 56.2 Å². The highest BCUT2D eigenvalue weighted by molar-refractivity contribution is 14.1. The molecule has 0 amide bonds. The van der Waals surface area contributed by atoms with Gasteiger partial charge in [0.1, 0.15) is 33.3 Å². The molecule has 0 spiro atoms. The molecule has 3 heterocycles. The summed E-state index contributed by atoms with van der Waals surface area (Å²) in [6.45, 7) is 1.76. The van der Waals surface area contributed by atoms with Crippen LogP contribution in [0, 0.1) is 5.92 Å². The Kier molecular flexibility index (Phi) is 6.68. The average Bonchev–Trinajstić information content (AvgIpc) is 3.45. The molecule has 0 aliphatic heterocycles. The maximum Gasteiger partial charge on any atom is 0.433 e. The summed E-state index contributed by atoms with van der Waals surface area (Å²) in [5, 5.41) is 19.5. The van der Waals surface area contributed by atoms with Gasteiger partial charge < -0.3 is 4.57 Å². The van der Waals surface area contributed by atoms with Gasteiger partial charge >= 0.3 is 6.18 Å². The van der Waals surface area contributed by atoms with Gasteiger partial charge in [-0.3, -0.25) is 10.4 Å². The number of nitrogens with one attached hydrogen (secondary N) is 2. The highest BCUT2D eigenvalue weighted by Crippen LogP contribution is 2.44. The van der Waals surface area contributed by atoms with Gasteiger partial charge in [0, 0.05) is 30.0 Å². The van der Waals surface area contributed by atoms with Crippen LogP contribution in [-0.4, -0.2) is 42.2 Å². The standard InChI is InChI=1S/C27H28F4IN7/c1-26(32,35-18-10-17(28)11-18)24-23-19(12-20(34-24)27(29,30)31)22(36-37-23)16-8-4-7-15(9-16)21(14-5-3-6-14)25-38-33-13-39(25)2/h4,7-9,12-14,17-18,21,35H,3,5-6,10-11H2,1-2H3,(H,36,37)/t17?,18?,21-,26+/m1/s1. The van der Waals surface area contributed by atoms with E-state index in [4.69, 9.17) is 0 Å². The molecule has 0 bridgehead atoms. The Bertz CT molecular complexity index is 1500. The van der Waals surface area contributed by atoms with Gasteiger partial charge in [0.15, 0.2) is 0 Å². The van der Waals surface area contributed by atoms with E-state index < -0.39 is 21.6 Å². The zero-order valence-electron chi connectivity index (χ0n) is 21.4. The normalized spacial score (nSPS) is 22.3. The first-order valence-electron chi connectivity index (χ1n) is 13.0. The summed E-state index contributed by atoms with van der Waals surface area (Å²) < 4.78 is 56.5. The molecule has 4 aromatic rings. The third kappa shape index (κ3) is 4.94. The smallest absolute Gasteiger partial charge is 0.320 e. The monoisotopic (exact) mass is 653 g/mol. The highest BCUT2D eigenvalue weighted by atomic mass is 127. The van der Waals surface area contributed by atoms with Crippen molar-refractivity contribution in [3.8, 4) is 11.3 Å². The maximum absolute atomic E-state index is 14.0. The number of aryl methyl sites for hydroxylation is 1. The van der Waals surface area contributed by atoms with Crippen LogP contribution in [0.1, 0.15) is 67.7 Å². The second-order valence-corrected chi connectivity index (χ2v) is 13.0. The molecule has 12 heteroatoms. The van der Waals surface area contributed by atoms with Crippen molar-refractivity contribution in [2.75, 3.05) is 0 Å². The number of fused-ring (bicyclic) bond motifs is 1. The van der Waals surface area contributed by atoms with Crippen molar-refractivity contribution in [1.82, 2.24) is 35.3 Å². The third-order valence-electron chi connectivity index (χ3n) is 8.01. The Morgan fingerprint density at radius 3 is 2.56 bits per heavy atom. The summed E-state index contributed by atoms with van der Waals surface area (Å²) in [5.74, 6) is 1.32. The second-order valence-electron chi connectivity index (χ2n) is 10.9. The quantitative estimate of drug-likeness (QED) is 0.104. The topological polar surface area (TPSA) is 84.3 Å². The highest BCUT2D eigenvalue weighted by Gasteiger charge is 2.40. The number of hydrogen-bond donors (Lipinski definition) is 2. The van der Waals surface area contributed by atoms with Crippen molar-refractivity contribution in [1.29, 1.82) is 0 Å². The molecular formula is C27H28F4IN7. The minimum atomic E-state index is -4.65. The fraction of sp³-hybridized carbons (Fsp3) is 0.481. The first kappa shape index (κ1) is 26.6. The molecule has 39 heavy (non-hydrogen) atoms. The van der Waals surface area contributed by atoms with Gasteiger partial charge in [0.05, 0.1) is 11.2 Å². The van der Waals surface area contributed by atoms with Crippen LogP contribution in [0.5, 0.6) is 0 Å². The minimum Gasteiger partial charge on any atom is -0.320 e. The van der Waals surface area contributed by atoms with Crippen molar-refractivity contribution in [3.63, 3.8) is 0 Å². The van der Waals surface area contributed by atoms with Crippen molar-refractivity contribution in [2.45, 2.75) is 66.9 Å². The summed E-state index contributed by atoms with van der Waals surface area (Å²) in [7, 11) is 1.92. The van der Waals surface area contributed by atoms with Gasteiger partial charge in [-0.2, -0.15) is 18.3 Å². The number of alkyl halides is 5. The van der Waals surface area contributed by atoms with Crippen molar-refractivity contribution >= 4 is 33.5 Å². The zero-order chi connectivity index (χ0) is 27.5. The number of rotatable bonds is 7. The Balaban J connectivity index is 1.45. The van der Waals surface area contributed by atoms with Crippen LogP contribution in [0.25, 0.3) is 22.2 Å². The van der Waals surface area contributed by atoms with E-state index in [2.05, 4.69) is 53.3 Å². The van der Waals surface area contributed by atoms with E-state index in [1.807, 2.05) is 35.9 Å². The molecule has 6 rings (SSSR count). The Hall–Kier alpha value is -2.61. The number of H-pyrrole nitrogens is 1. The number of benzene rings is 1. The number of aromatic nitrogens is 6. The van der Waals surface area contributed by atoms with E-state index in [-0.39, 0.29) is 17.7 Å². The van der Waals surface area contributed by atoms with Crippen LogP contribution < -0.4 is 5.32 Å². The molecule has 3 aromatic heterocycles. The molecule has 2 fully saturated rings. The second kappa shape index (κ2) is 9.79. The lowest BCUT2D eigenvalue weighted by atomic mass is 9.72. The van der Waals surface area contributed by atoms with E-state index in [0.29, 0.717) is 40.9 Å². The van der Waals surface area contributed by atoms with E-state index in [1.54, 1.807) is 13.3 Å². The molecule has 2 N–H and O–H groups in total. The lowest BCUT2D eigenvalue weighted by Crippen LogP contribution is -2.49. The summed E-state index contributed by atoms with van der Waals surface area (Å²) in [5.41, 5.74) is 1.78. The molecule has 206 valence electrons. The van der Waals surface area contributed by atoms with Crippen LogP contribution in [0.2, 0.25) is 0 Å². The minimum absolute atomic E-state index is 0.0306. The molecule has 2 aliphatic rings. The van der Waals surface area contributed by atoms with Crippen LogP contribution >= 0.6 is 22.6 Å². The Morgan fingerprint density at radius 2 is 1.95 bits per heavy atom. The molecular weight excluding hydrogens is 625 g/mol. The molecule has 7 nitrogen and oxygen atoms in total. The number of nitrogens with zero attached hydrogens (tertiary/aromatic N) is 5. The SMILES string of the molecule is Cn1cnnc1[C@@H](c1cccc(-c2n[nH]c3c([C@@](C)(I)NC4CC(F)C4)nc(C(F)(F)F)cc23)c1)C1CCC1. The predicted molar refractivity (Wildman–Crippen MR) is 147 cm³/mol. The van der Waals surface area contributed by atoms with Gasteiger partial charge in [0.2, 0.25) is 0 Å². The van der Waals surface area contributed by atoms with Crippen molar-refractivity contribution in [3.05, 3.63) is 59.4 Å². The molecule has 2 atom stereocenters. The molecule has 2 aliphatic carbocycles. The number of pyridine rings is 1. The lowest BCUT2D eigenvalue weighted by molar-refractivity contribution is -0.141. The fourth-order valence-electron chi connectivity index (χ4n) is 5.70. The first-order chi connectivity index (χ1) is 18.5. The number of hydrogen-bond acceptors (Lipinski definition) is 5. The van der Waals surface area contributed by atoms with Crippen LogP contribution in [-0.2, 0) is 16.8 Å². The van der Waals surface area contributed by atoms with Crippen molar-refractivity contribution in [2.24, 2.45) is 13.0 Å². The molecule has 0 unspecified atom stereocenters. The number of aromatic amines is 1. The third-order valence-corrected chi connectivity index (χ3v) is 8.83. The zero-order valence-corrected chi connectivity index (χ0v) is 23.6. The fourth-order valence-corrected chi connectivity index (χ4v) is 6.53. The van der Waals surface area contributed by atoms with Crippen LogP contribution in [0.3, 0.4) is 0 Å². The van der Waals surface area contributed by atoms with Gasteiger partial charge in [-0.25, -0.2) is 9.37 Å². The Morgan fingerprint density at radius 1 is 1.18 bits per heavy atom. The molecule has 0 radical (unpaired) electrons. The first-order valence-corrected chi connectivity index (χ1v) is 14.1. The molecule has 2 saturated carbocycles. The summed E-state index contributed by atoms with van der Waals surface area (Å²) >= 11 is 2.05. The van der Waals surface area contributed by atoms with Crippen LogP contribution in [0.15, 0.2) is 36.7 Å². The average molecular weight is 653 g/mol. The van der Waals surface area contributed by atoms with Crippen molar-refractivity contribution < 1.29 is 17.6 Å². The molecule has 0 saturated heterocycles. The summed E-state index contributed by atoms with van der Waals surface area (Å²) in [6.07, 6.45) is 0.142. The van der Waals surface area contributed by atoms with Gasteiger partial charge in [-0.15, -0.1) is 10.2 Å². The van der Waals surface area contributed by atoms with Gasteiger partial charge in [0.25, 0.3) is 0 Å².